The number of hydrogen-bond donors (Lipinski definition) is 5. The predicted molar refractivity (Wildman–Crippen MR) is 71.9 cm³/mol. The van der Waals surface area contributed by atoms with E-state index >= 15 is 0 Å². The van der Waals surface area contributed by atoms with Crippen LogP contribution in [0.1, 0.15) is 5.56 Å². The van der Waals surface area contributed by atoms with E-state index in [1.54, 1.807) is 12.3 Å². The molecule has 18 heavy (non-hydrogen) atoms. The van der Waals surface area contributed by atoms with Gasteiger partial charge >= 0.3 is 0 Å². The van der Waals surface area contributed by atoms with Gasteiger partial charge < -0.3 is 26.7 Å². The Labute approximate surface area is 105 Å². The highest BCUT2D eigenvalue weighted by atomic mass is 16.3. The van der Waals surface area contributed by atoms with Crippen LogP contribution in [0.25, 0.3) is 11.3 Å². The Balaban J connectivity index is 2.40. The first kappa shape index (κ1) is 12.5. The monoisotopic (exact) mass is 247 g/mol. The summed E-state index contributed by atoms with van der Waals surface area (Å²) in [6.45, 7) is -0.276. The van der Waals surface area contributed by atoms with E-state index in [9.17, 15) is 5.11 Å². The highest BCUT2D eigenvalue weighted by molar-refractivity contribution is 5.83. The molecule has 0 aliphatic carbocycles. The second kappa shape index (κ2) is 5.12. The number of nitrogen functional groups attached to an aromatic ring is 2. The molecule has 0 saturated carbocycles. The van der Waals surface area contributed by atoms with Crippen LogP contribution in [0.2, 0.25) is 0 Å². The van der Waals surface area contributed by atoms with E-state index in [1.807, 2.05) is 18.2 Å². The van der Waals surface area contributed by atoms with Crippen LogP contribution in [0.15, 0.2) is 30.5 Å². The fourth-order valence-corrected chi connectivity index (χ4v) is 1.91. The second-order valence-electron chi connectivity index (χ2n) is 4.27. The summed E-state index contributed by atoms with van der Waals surface area (Å²) in [7, 11) is 0. The molecular weight excluding hydrogens is 230 g/mol. The minimum absolute atomic E-state index is 0.276. The minimum Gasteiger partial charge on any atom is -0.397 e. The molecule has 96 valence electrons. The molecule has 5 heteroatoms. The number of aromatic nitrogens is 1. The molecule has 1 aromatic heterocycles. The normalized spacial score (nSPS) is 12.6. The highest BCUT2D eigenvalue weighted by Crippen LogP contribution is 2.31. The molecule has 0 amide bonds. The number of nitrogens with one attached hydrogen (secondary N) is 1. The Kier molecular flexibility index (Phi) is 3.55. The van der Waals surface area contributed by atoms with Crippen LogP contribution in [-0.4, -0.2) is 27.9 Å². The van der Waals surface area contributed by atoms with Gasteiger partial charge in [-0.1, -0.05) is 0 Å². The zero-order valence-corrected chi connectivity index (χ0v) is 9.93. The molecule has 1 aromatic carbocycles. The fourth-order valence-electron chi connectivity index (χ4n) is 1.91. The number of benzene rings is 1. The van der Waals surface area contributed by atoms with Crippen LogP contribution in [0.5, 0.6) is 0 Å². The third-order valence-electron chi connectivity index (χ3n) is 2.84. The van der Waals surface area contributed by atoms with Crippen molar-refractivity contribution >= 4 is 11.4 Å². The molecule has 1 unspecified atom stereocenters. The van der Waals surface area contributed by atoms with Crippen molar-refractivity contribution in [3.8, 4) is 11.3 Å². The highest BCUT2D eigenvalue weighted by Gasteiger charge is 2.11. The molecule has 1 heterocycles. The van der Waals surface area contributed by atoms with Crippen molar-refractivity contribution in [2.75, 3.05) is 18.1 Å². The molecule has 0 saturated heterocycles. The number of aliphatic hydroxyl groups is 2. The summed E-state index contributed by atoms with van der Waals surface area (Å²) in [5.41, 5.74) is 15.3. The average Bonchev–Trinajstić information content (AvgIpc) is 2.87. The lowest BCUT2D eigenvalue weighted by atomic mass is 10.0. The van der Waals surface area contributed by atoms with Crippen molar-refractivity contribution in [1.82, 2.24) is 4.98 Å². The zero-order chi connectivity index (χ0) is 13.1. The van der Waals surface area contributed by atoms with E-state index in [1.165, 1.54) is 0 Å². The number of nitrogens with two attached hydrogens (primary N) is 2. The maximum Gasteiger partial charge on any atom is 0.0811 e. The van der Waals surface area contributed by atoms with Gasteiger partial charge in [0.05, 0.1) is 24.1 Å². The first-order valence-corrected chi connectivity index (χ1v) is 5.72. The number of H-pyrrole nitrogens is 1. The molecule has 0 fully saturated rings. The van der Waals surface area contributed by atoms with E-state index in [0.29, 0.717) is 17.8 Å². The topological polar surface area (TPSA) is 108 Å². The molecule has 0 aliphatic rings. The fraction of sp³-hybridized carbons (Fsp3) is 0.231. The Hall–Kier alpha value is -1.98. The molecule has 5 nitrogen and oxygen atoms in total. The van der Waals surface area contributed by atoms with Crippen molar-refractivity contribution in [2.24, 2.45) is 0 Å². The van der Waals surface area contributed by atoms with Crippen LogP contribution >= 0.6 is 0 Å². The van der Waals surface area contributed by atoms with E-state index < -0.39 is 6.10 Å². The summed E-state index contributed by atoms with van der Waals surface area (Å²) in [5.74, 6) is 0. The van der Waals surface area contributed by atoms with Gasteiger partial charge in [-0.25, -0.2) is 0 Å². The summed E-state index contributed by atoms with van der Waals surface area (Å²) in [5, 5.41) is 18.3. The van der Waals surface area contributed by atoms with Crippen molar-refractivity contribution in [3.05, 3.63) is 36.0 Å². The van der Waals surface area contributed by atoms with Crippen LogP contribution in [0.4, 0.5) is 11.4 Å². The standard InChI is InChI=1S/C13H17N3O2/c14-11-6-8(4-9(18)7-17)5-10(13(11)15)12-2-1-3-16-12/h1-3,5-6,9,16-18H,4,7,14-15H2. The first-order valence-electron chi connectivity index (χ1n) is 5.72. The SMILES string of the molecule is Nc1cc(CC(O)CO)cc(-c2ccc[nH]2)c1N. The number of anilines is 2. The molecule has 0 spiro atoms. The second-order valence-corrected chi connectivity index (χ2v) is 4.27. The summed E-state index contributed by atoms with van der Waals surface area (Å²) < 4.78 is 0. The van der Waals surface area contributed by atoms with Gasteiger partial charge in [-0.3, -0.25) is 0 Å². The first-order chi connectivity index (χ1) is 8.61. The van der Waals surface area contributed by atoms with Gasteiger partial charge in [0.15, 0.2) is 0 Å². The molecule has 7 N–H and O–H groups in total. The molecule has 1 atom stereocenters. The van der Waals surface area contributed by atoms with Crippen molar-refractivity contribution in [1.29, 1.82) is 0 Å². The van der Waals surface area contributed by atoms with Gasteiger partial charge in [-0.05, 0) is 29.8 Å². The molecule has 0 radical (unpaired) electrons. The maximum absolute atomic E-state index is 9.46. The minimum atomic E-state index is -0.787. The lowest BCUT2D eigenvalue weighted by Crippen LogP contribution is -2.15. The average molecular weight is 247 g/mol. The smallest absolute Gasteiger partial charge is 0.0811 e. The van der Waals surface area contributed by atoms with Crippen molar-refractivity contribution in [3.63, 3.8) is 0 Å². The zero-order valence-electron chi connectivity index (χ0n) is 9.93. The number of rotatable bonds is 4. The van der Waals surface area contributed by atoms with Gasteiger partial charge in [0.25, 0.3) is 0 Å². The summed E-state index contributed by atoms with van der Waals surface area (Å²) in [6.07, 6.45) is 1.36. The van der Waals surface area contributed by atoms with E-state index in [4.69, 9.17) is 16.6 Å². The van der Waals surface area contributed by atoms with Gasteiger partial charge in [0.2, 0.25) is 0 Å². The molecule has 0 bridgehead atoms. The van der Waals surface area contributed by atoms with Gasteiger partial charge in [0, 0.05) is 23.9 Å². The predicted octanol–water partition coefficient (Wildman–Crippen LogP) is 0.742. The Morgan fingerprint density at radius 3 is 2.67 bits per heavy atom. The van der Waals surface area contributed by atoms with Crippen LogP contribution in [0.3, 0.4) is 0 Å². The number of aromatic amines is 1. The van der Waals surface area contributed by atoms with Crippen LogP contribution < -0.4 is 11.5 Å². The Morgan fingerprint density at radius 1 is 1.28 bits per heavy atom. The van der Waals surface area contributed by atoms with Crippen LogP contribution in [0, 0.1) is 0 Å². The third kappa shape index (κ3) is 2.47. The quantitative estimate of drug-likeness (QED) is 0.513. The van der Waals surface area contributed by atoms with E-state index in [0.717, 1.165) is 16.8 Å². The van der Waals surface area contributed by atoms with Crippen molar-refractivity contribution in [2.45, 2.75) is 12.5 Å². The number of aliphatic hydroxyl groups excluding tert-OH is 2. The van der Waals surface area contributed by atoms with Crippen molar-refractivity contribution < 1.29 is 10.2 Å². The third-order valence-corrected chi connectivity index (χ3v) is 2.84. The summed E-state index contributed by atoms with van der Waals surface area (Å²) in [6, 6.07) is 7.37. The lowest BCUT2D eigenvalue weighted by molar-refractivity contribution is 0.0955. The summed E-state index contributed by atoms with van der Waals surface area (Å²) >= 11 is 0. The summed E-state index contributed by atoms with van der Waals surface area (Å²) in [4.78, 5) is 3.07. The van der Waals surface area contributed by atoms with E-state index in [-0.39, 0.29) is 6.61 Å². The maximum atomic E-state index is 9.46. The number of hydrogen-bond acceptors (Lipinski definition) is 4. The van der Waals surface area contributed by atoms with Crippen LogP contribution in [-0.2, 0) is 6.42 Å². The largest absolute Gasteiger partial charge is 0.397 e. The molecule has 0 aliphatic heterocycles. The van der Waals surface area contributed by atoms with Gasteiger partial charge in [-0.2, -0.15) is 0 Å². The lowest BCUT2D eigenvalue weighted by Gasteiger charge is -2.12. The molecular formula is C13H17N3O2. The van der Waals surface area contributed by atoms with Gasteiger partial charge in [0.1, 0.15) is 0 Å². The Morgan fingerprint density at radius 2 is 2.06 bits per heavy atom. The molecule has 2 aromatic rings. The molecule has 2 rings (SSSR count). The van der Waals surface area contributed by atoms with E-state index in [2.05, 4.69) is 4.98 Å². The Bertz CT molecular complexity index is 523. The van der Waals surface area contributed by atoms with Gasteiger partial charge in [-0.15, -0.1) is 0 Å².